The maximum absolute atomic E-state index is 12.9. The molecule has 152 valence electrons. The average Bonchev–Trinajstić information content (AvgIpc) is 3.43. The molecule has 0 saturated heterocycles. The van der Waals surface area contributed by atoms with Gasteiger partial charge in [0.05, 0.1) is 16.9 Å². The van der Waals surface area contributed by atoms with Crippen LogP contribution in [0.25, 0.3) is 10.9 Å². The van der Waals surface area contributed by atoms with Crippen LogP contribution in [0.3, 0.4) is 0 Å². The van der Waals surface area contributed by atoms with Gasteiger partial charge in [-0.05, 0) is 36.7 Å². The van der Waals surface area contributed by atoms with Crippen LogP contribution in [0.4, 0.5) is 11.5 Å². The lowest BCUT2D eigenvalue weighted by Crippen LogP contribution is -2.23. The SMILES string of the molecule is NCCC(C(=O)Nc1ccc2[nH]nc(NC(=O)c3cscn3)c2c1)c1ccccc1. The number of benzene rings is 2. The molecule has 2 amide bonds. The lowest BCUT2D eigenvalue weighted by atomic mass is 9.94. The molecule has 0 aliphatic rings. The smallest absolute Gasteiger partial charge is 0.276 e. The van der Waals surface area contributed by atoms with Gasteiger partial charge in [-0.3, -0.25) is 14.7 Å². The number of thiazole rings is 1. The number of aromatic amines is 1. The number of aromatic nitrogens is 3. The molecule has 0 fully saturated rings. The van der Waals surface area contributed by atoms with Gasteiger partial charge < -0.3 is 16.4 Å². The molecule has 2 aromatic heterocycles. The van der Waals surface area contributed by atoms with Crippen molar-refractivity contribution < 1.29 is 9.59 Å². The molecule has 8 nitrogen and oxygen atoms in total. The molecule has 5 N–H and O–H groups in total. The van der Waals surface area contributed by atoms with Crippen LogP contribution in [0.15, 0.2) is 59.4 Å². The Balaban J connectivity index is 1.55. The predicted molar refractivity (Wildman–Crippen MR) is 118 cm³/mol. The molecule has 0 saturated carbocycles. The number of fused-ring (bicyclic) bond motifs is 1. The monoisotopic (exact) mass is 420 g/mol. The summed E-state index contributed by atoms with van der Waals surface area (Å²) in [5.74, 6) is -0.450. The number of carbonyl (C=O) groups excluding carboxylic acids is 2. The van der Waals surface area contributed by atoms with E-state index in [2.05, 4.69) is 25.8 Å². The summed E-state index contributed by atoms with van der Waals surface area (Å²) in [6.07, 6.45) is 0.540. The van der Waals surface area contributed by atoms with Crippen LogP contribution in [0.1, 0.15) is 28.4 Å². The third-order valence-corrected chi connectivity index (χ3v) is 5.29. The van der Waals surface area contributed by atoms with E-state index in [0.29, 0.717) is 35.6 Å². The molecule has 0 spiro atoms. The minimum atomic E-state index is -0.347. The van der Waals surface area contributed by atoms with Crippen molar-refractivity contribution in [3.8, 4) is 0 Å². The number of carbonyl (C=O) groups is 2. The van der Waals surface area contributed by atoms with Crippen LogP contribution in [0.5, 0.6) is 0 Å². The molecule has 1 atom stereocenters. The average molecular weight is 420 g/mol. The molecule has 9 heteroatoms. The van der Waals surface area contributed by atoms with Gasteiger partial charge in [-0.1, -0.05) is 30.3 Å². The summed E-state index contributed by atoms with van der Waals surface area (Å²) in [7, 11) is 0. The number of rotatable bonds is 7. The normalized spacial score (nSPS) is 11.9. The standard InChI is InChI=1S/C21H20N6O2S/c22-9-8-15(13-4-2-1-3-5-13)20(28)24-14-6-7-17-16(10-14)19(27-26-17)25-21(29)18-11-30-12-23-18/h1-7,10-12,15H,8-9,22H2,(H,24,28)(H2,25,26,27,29). The summed E-state index contributed by atoms with van der Waals surface area (Å²) in [4.78, 5) is 29.2. The second-order valence-corrected chi connectivity index (χ2v) is 7.41. The molecule has 30 heavy (non-hydrogen) atoms. The maximum atomic E-state index is 12.9. The van der Waals surface area contributed by atoms with E-state index in [4.69, 9.17) is 5.73 Å². The molecule has 0 aliphatic heterocycles. The Morgan fingerprint density at radius 1 is 1.13 bits per heavy atom. The Bertz CT molecular complexity index is 1160. The highest BCUT2D eigenvalue weighted by Crippen LogP contribution is 2.26. The van der Waals surface area contributed by atoms with E-state index in [9.17, 15) is 9.59 Å². The summed E-state index contributed by atoms with van der Waals surface area (Å²) in [6, 6.07) is 14.9. The first-order valence-corrected chi connectivity index (χ1v) is 10.3. The van der Waals surface area contributed by atoms with Gasteiger partial charge in [0.15, 0.2) is 5.82 Å². The van der Waals surface area contributed by atoms with Gasteiger partial charge in [0.1, 0.15) is 5.69 Å². The summed E-state index contributed by atoms with van der Waals surface area (Å²) in [5.41, 5.74) is 9.91. The number of H-pyrrole nitrogens is 1. The summed E-state index contributed by atoms with van der Waals surface area (Å²) in [6.45, 7) is 0.403. The fraction of sp³-hybridized carbons (Fsp3) is 0.143. The lowest BCUT2D eigenvalue weighted by Gasteiger charge is -2.16. The number of nitrogens with two attached hydrogens (primary N) is 1. The summed E-state index contributed by atoms with van der Waals surface area (Å²) < 4.78 is 0. The summed E-state index contributed by atoms with van der Waals surface area (Å²) in [5, 5.41) is 15.1. The number of nitrogens with zero attached hydrogens (tertiary/aromatic N) is 2. The van der Waals surface area contributed by atoms with E-state index in [1.165, 1.54) is 11.3 Å². The van der Waals surface area contributed by atoms with Gasteiger partial charge in [0.2, 0.25) is 5.91 Å². The molecular weight excluding hydrogens is 400 g/mol. The van der Waals surface area contributed by atoms with Crippen LogP contribution in [0.2, 0.25) is 0 Å². The molecule has 4 rings (SSSR count). The molecular formula is C21H20N6O2S. The van der Waals surface area contributed by atoms with Gasteiger partial charge in [0, 0.05) is 16.5 Å². The highest BCUT2D eigenvalue weighted by molar-refractivity contribution is 7.07. The van der Waals surface area contributed by atoms with Crippen LogP contribution in [-0.2, 0) is 4.79 Å². The lowest BCUT2D eigenvalue weighted by molar-refractivity contribution is -0.117. The van der Waals surface area contributed by atoms with Gasteiger partial charge >= 0.3 is 0 Å². The van der Waals surface area contributed by atoms with E-state index in [-0.39, 0.29) is 17.7 Å². The zero-order chi connectivity index (χ0) is 20.9. The van der Waals surface area contributed by atoms with Crippen molar-refractivity contribution in [1.82, 2.24) is 15.2 Å². The maximum Gasteiger partial charge on any atom is 0.276 e. The first-order chi connectivity index (χ1) is 14.7. The van der Waals surface area contributed by atoms with Gasteiger partial charge in [-0.25, -0.2) is 4.98 Å². The Labute approximate surface area is 176 Å². The second-order valence-electron chi connectivity index (χ2n) is 6.69. The number of anilines is 2. The van der Waals surface area contributed by atoms with E-state index >= 15 is 0 Å². The van der Waals surface area contributed by atoms with Gasteiger partial charge in [-0.2, -0.15) is 5.10 Å². The fourth-order valence-electron chi connectivity index (χ4n) is 3.21. The molecule has 0 aliphatic carbocycles. The van der Waals surface area contributed by atoms with Crippen LogP contribution < -0.4 is 16.4 Å². The Hall–Kier alpha value is -3.56. The Kier molecular flexibility index (Phi) is 5.82. The zero-order valence-electron chi connectivity index (χ0n) is 16.0. The van der Waals surface area contributed by atoms with E-state index < -0.39 is 0 Å². The van der Waals surface area contributed by atoms with Crippen molar-refractivity contribution in [2.75, 3.05) is 17.2 Å². The van der Waals surface area contributed by atoms with Crippen molar-refractivity contribution in [3.63, 3.8) is 0 Å². The highest BCUT2D eigenvalue weighted by Gasteiger charge is 2.20. The first-order valence-electron chi connectivity index (χ1n) is 9.39. The van der Waals surface area contributed by atoms with Gasteiger partial charge in [0.25, 0.3) is 5.91 Å². The highest BCUT2D eigenvalue weighted by atomic mass is 32.1. The van der Waals surface area contributed by atoms with Gasteiger partial charge in [-0.15, -0.1) is 11.3 Å². The zero-order valence-corrected chi connectivity index (χ0v) is 16.8. The minimum absolute atomic E-state index is 0.137. The van der Waals surface area contributed by atoms with Crippen LogP contribution in [-0.4, -0.2) is 33.5 Å². The van der Waals surface area contributed by atoms with E-state index in [0.717, 1.165) is 11.1 Å². The summed E-state index contributed by atoms with van der Waals surface area (Å²) >= 11 is 1.34. The predicted octanol–water partition coefficient (Wildman–Crippen LogP) is 3.34. The fourth-order valence-corrected chi connectivity index (χ4v) is 3.75. The second kappa shape index (κ2) is 8.85. The van der Waals surface area contributed by atoms with E-state index in [1.54, 1.807) is 29.1 Å². The number of hydrogen-bond donors (Lipinski definition) is 4. The Morgan fingerprint density at radius 2 is 1.97 bits per heavy atom. The minimum Gasteiger partial charge on any atom is -0.330 e. The van der Waals surface area contributed by atoms with Crippen molar-refractivity contribution in [2.45, 2.75) is 12.3 Å². The van der Waals surface area contributed by atoms with E-state index in [1.807, 2.05) is 30.3 Å². The van der Waals surface area contributed by atoms with Crippen LogP contribution >= 0.6 is 11.3 Å². The molecule has 1 unspecified atom stereocenters. The van der Waals surface area contributed by atoms with Crippen molar-refractivity contribution in [1.29, 1.82) is 0 Å². The van der Waals surface area contributed by atoms with Crippen LogP contribution in [0, 0.1) is 0 Å². The Morgan fingerprint density at radius 3 is 2.70 bits per heavy atom. The molecule has 0 bridgehead atoms. The molecule has 2 heterocycles. The third kappa shape index (κ3) is 4.22. The topological polar surface area (TPSA) is 126 Å². The van der Waals surface area contributed by atoms with Crippen molar-refractivity contribution >= 4 is 45.6 Å². The molecule has 4 aromatic rings. The number of amides is 2. The van der Waals surface area contributed by atoms with Crippen molar-refractivity contribution in [2.24, 2.45) is 5.73 Å². The number of hydrogen-bond acceptors (Lipinski definition) is 6. The molecule has 2 aromatic carbocycles. The first kappa shape index (κ1) is 19.7. The quantitative estimate of drug-likeness (QED) is 0.365. The molecule has 0 radical (unpaired) electrons. The van der Waals surface area contributed by atoms with Crippen molar-refractivity contribution in [3.05, 3.63) is 70.7 Å². The largest absolute Gasteiger partial charge is 0.330 e. The number of nitrogens with one attached hydrogen (secondary N) is 3. The third-order valence-electron chi connectivity index (χ3n) is 4.70.